The highest BCUT2D eigenvalue weighted by Gasteiger charge is 2.15. The summed E-state index contributed by atoms with van der Waals surface area (Å²) >= 11 is 0. The number of rotatable bonds is 4. The van der Waals surface area contributed by atoms with Crippen molar-refractivity contribution in [2.45, 2.75) is 13.0 Å². The normalized spacial score (nSPS) is 12.4. The summed E-state index contributed by atoms with van der Waals surface area (Å²) in [5.41, 5.74) is 3.29. The van der Waals surface area contributed by atoms with E-state index in [0.29, 0.717) is 0 Å². The van der Waals surface area contributed by atoms with Crippen LogP contribution in [0, 0.1) is 6.92 Å². The number of ether oxygens (including phenoxy) is 1. The van der Waals surface area contributed by atoms with E-state index in [2.05, 4.69) is 28.6 Å². The third-order valence-corrected chi connectivity index (χ3v) is 3.08. The molecule has 1 N–H and O–H groups in total. The second-order valence-electron chi connectivity index (χ2n) is 4.37. The number of hydrogen-bond acceptors (Lipinski definition) is 3. The molecule has 1 aromatic carbocycles. The summed E-state index contributed by atoms with van der Waals surface area (Å²) in [5.74, 6) is 0.906. The number of aromatic nitrogens is 2. The molecule has 4 heteroatoms. The Kier molecular flexibility index (Phi) is 3.67. The maximum atomic E-state index is 5.37. The van der Waals surface area contributed by atoms with Gasteiger partial charge in [0.05, 0.1) is 18.8 Å². The molecule has 96 valence electrons. The fraction of sp³-hybridized carbons (Fsp3) is 0.357. The van der Waals surface area contributed by atoms with Gasteiger partial charge in [-0.15, -0.1) is 0 Å². The summed E-state index contributed by atoms with van der Waals surface area (Å²) in [4.78, 5) is 0. The summed E-state index contributed by atoms with van der Waals surface area (Å²) in [6.07, 6.45) is 1.95. The van der Waals surface area contributed by atoms with Crippen LogP contribution in [0.25, 0.3) is 0 Å². The molecule has 0 aliphatic heterocycles. The second kappa shape index (κ2) is 5.23. The van der Waals surface area contributed by atoms with Gasteiger partial charge in [0.25, 0.3) is 0 Å². The van der Waals surface area contributed by atoms with Crippen molar-refractivity contribution < 1.29 is 4.74 Å². The second-order valence-corrected chi connectivity index (χ2v) is 4.37. The molecule has 1 aromatic heterocycles. The molecule has 0 spiro atoms. The molecule has 0 bridgehead atoms. The fourth-order valence-electron chi connectivity index (χ4n) is 2.09. The zero-order valence-electron chi connectivity index (χ0n) is 11.3. The molecular weight excluding hydrogens is 226 g/mol. The molecular formula is C14H19N3O. The van der Waals surface area contributed by atoms with Gasteiger partial charge in [0.15, 0.2) is 0 Å². The minimum atomic E-state index is 0.0840. The Bertz CT molecular complexity index is 534. The van der Waals surface area contributed by atoms with Crippen LogP contribution in [-0.4, -0.2) is 23.9 Å². The van der Waals surface area contributed by atoms with Crippen molar-refractivity contribution >= 4 is 0 Å². The van der Waals surface area contributed by atoms with Crippen LogP contribution < -0.4 is 10.1 Å². The highest BCUT2D eigenvalue weighted by molar-refractivity contribution is 5.40. The van der Waals surface area contributed by atoms with Crippen LogP contribution in [0.5, 0.6) is 5.75 Å². The molecule has 0 saturated carbocycles. The smallest absolute Gasteiger partial charge is 0.122 e. The molecule has 0 saturated heterocycles. The largest absolute Gasteiger partial charge is 0.496 e. The quantitative estimate of drug-likeness (QED) is 0.896. The van der Waals surface area contributed by atoms with Crippen molar-refractivity contribution in [2.24, 2.45) is 7.05 Å². The van der Waals surface area contributed by atoms with E-state index in [4.69, 9.17) is 4.74 Å². The summed E-state index contributed by atoms with van der Waals surface area (Å²) in [7, 11) is 5.55. The predicted octanol–water partition coefficient (Wildman–Crippen LogP) is 2.05. The van der Waals surface area contributed by atoms with Gasteiger partial charge in [-0.25, -0.2) is 0 Å². The average Bonchev–Trinajstić information content (AvgIpc) is 2.79. The molecule has 18 heavy (non-hydrogen) atoms. The number of methoxy groups -OCH3 is 1. The van der Waals surface area contributed by atoms with E-state index in [0.717, 1.165) is 22.6 Å². The summed E-state index contributed by atoms with van der Waals surface area (Å²) in [5, 5.41) is 7.74. The number of benzene rings is 1. The molecule has 0 amide bonds. The van der Waals surface area contributed by atoms with Gasteiger partial charge in [-0.05, 0) is 37.2 Å². The first-order valence-electron chi connectivity index (χ1n) is 5.97. The number of nitrogens with zero attached hydrogens (tertiary/aromatic N) is 2. The van der Waals surface area contributed by atoms with E-state index in [1.165, 1.54) is 0 Å². The van der Waals surface area contributed by atoms with Gasteiger partial charge in [0.2, 0.25) is 0 Å². The van der Waals surface area contributed by atoms with Crippen LogP contribution in [0.1, 0.15) is 22.9 Å². The molecule has 0 fully saturated rings. The topological polar surface area (TPSA) is 39.1 Å². The maximum absolute atomic E-state index is 5.37. The van der Waals surface area contributed by atoms with Crippen molar-refractivity contribution in [2.75, 3.05) is 14.2 Å². The minimum Gasteiger partial charge on any atom is -0.496 e. The monoisotopic (exact) mass is 245 g/mol. The lowest BCUT2D eigenvalue weighted by molar-refractivity contribution is 0.410. The Morgan fingerprint density at radius 2 is 2.11 bits per heavy atom. The maximum Gasteiger partial charge on any atom is 0.122 e. The highest BCUT2D eigenvalue weighted by atomic mass is 16.5. The molecule has 1 heterocycles. The van der Waals surface area contributed by atoms with E-state index >= 15 is 0 Å². The van der Waals surface area contributed by atoms with Crippen molar-refractivity contribution in [3.63, 3.8) is 0 Å². The van der Waals surface area contributed by atoms with E-state index in [1.54, 1.807) is 7.11 Å². The number of nitrogens with one attached hydrogen (secondary N) is 1. The lowest BCUT2D eigenvalue weighted by Gasteiger charge is -2.16. The Hall–Kier alpha value is -1.81. The Morgan fingerprint density at radius 1 is 1.33 bits per heavy atom. The fourth-order valence-corrected chi connectivity index (χ4v) is 2.09. The van der Waals surface area contributed by atoms with E-state index in [9.17, 15) is 0 Å². The van der Waals surface area contributed by atoms with E-state index in [-0.39, 0.29) is 6.04 Å². The molecule has 1 atom stereocenters. The van der Waals surface area contributed by atoms with Gasteiger partial charge in [-0.3, -0.25) is 4.68 Å². The van der Waals surface area contributed by atoms with Gasteiger partial charge in [0.1, 0.15) is 5.75 Å². The molecule has 4 nitrogen and oxygen atoms in total. The van der Waals surface area contributed by atoms with Crippen LogP contribution in [0.3, 0.4) is 0 Å². The third-order valence-electron chi connectivity index (χ3n) is 3.08. The first-order valence-corrected chi connectivity index (χ1v) is 5.97. The van der Waals surface area contributed by atoms with Crippen molar-refractivity contribution in [3.05, 3.63) is 47.3 Å². The molecule has 0 aliphatic carbocycles. The SMILES string of the molecule is CNC(c1ccc(C)c(OC)c1)c1ccn(C)n1. The van der Waals surface area contributed by atoms with Crippen LogP contribution in [0.4, 0.5) is 0 Å². The van der Waals surface area contributed by atoms with Crippen molar-refractivity contribution in [3.8, 4) is 5.75 Å². The first kappa shape index (κ1) is 12.6. The van der Waals surface area contributed by atoms with Gasteiger partial charge in [-0.2, -0.15) is 5.10 Å². The van der Waals surface area contributed by atoms with E-state index < -0.39 is 0 Å². The van der Waals surface area contributed by atoms with Gasteiger partial charge < -0.3 is 10.1 Å². The highest BCUT2D eigenvalue weighted by Crippen LogP contribution is 2.26. The van der Waals surface area contributed by atoms with E-state index in [1.807, 2.05) is 38.0 Å². The summed E-state index contributed by atoms with van der Waals surface area (Å²) in [6.45, 7) is 2.04. The van der Waals surface area contributed by atoms with Crippen LogP contribution in [-0.2, 0) is 7.05 Å². The van der Waals surface area contributed by atoms with Gasteiger partial charge in [-0.1, -0.05) is 12.1 Å². The molecule has 0 aliphatic rings. The van der Waals surface area contributed by atoms with Crippen molar-refractivity contribution in [1.29, 1.82) is 0 Å². The van der Waals surface area contributed by atoms with Crippen molar-refractivity contribution in [1.82, 2.24) is 15.1 Å². The Morgan fingerprint density at radius 3 is 2.67 bits per heavy atom. The molecule has 1 unspecified atom stereocenters. The molecule has 2 rings (SSSR count). The summed E-state index contributed by atoms with van der Waals surface area (Å²) in [6, 6.07) is 8.34. The van der Waals surface area contributed by atoms with Crippen LogP contribution in [0.2, 0.25) is 0 Å². The minimum absolute atomic E-state index is 0.0840. The predicted molar refractivity (Wildman–Crippen MR) is 71.8 cm³/mol. The van der Waals surface area contributed by atoms with Crippen LogP contribution >= 0.6 is 0 Å². The van der Waals surface area contributed by atoms with Gasteiger partial charge in [0, 0.05) is 13.2 Å². The Balaban J connectivity index is 2.38. The first-order chi connectivity index (χ1) is 8.65. The van der Waals surface area contributed by atoms with Gasteiger partial charge >= 0.3 is 0 Å². The average molecular weight is 245 g/mol. The zero-order chi connectivity index (χ0) is 13.1. The molecule has 2 aromatic rings. The lowest BCUT2D eigenvalue weighted by Crippen LogP contribution is -2.18. The number of aryl methyl sites for hydroxylation is 2. The standard InChI is InChI=1S/C14H19N3O/c1-10-5-6-11(9-13(10)18-4)14(15-2)12-7-8-17(3)16-12/h5-9,14-15H,1-4H3. The summed E-state index contributed by atoms with van der Waals surface area (Å²) < 4.78 is 7.18. The third kappa shape index (κ3) is 2.38. The van der Waals surface area contributed by atoms with Crippen LogP contribution in [0.15, 0.2) is 30.5 Å². The zero-order valence-corrected chi connectivity index (χ0v) is 11.3. The Labute approximate surface area is 108 Å². The lowest BCUT2D eigenvalue weighted by atomic mass is 10.0. The molecule has 0 radical (unpaired) electrons. The number of hydrogen-bond donors (Lipinski definition) is 1.